The number of nitrogens with zero attached hydrogens (tertiary/aromatic N) is 1. The van der Waals surface area contributed by atoms with Crippen LogP contribution in [-0.2, 0) is 9.59 Å². The van der Waals surface area contributed by atoms with E-state index in [-0.39, 0.29) is 17.9 Å². The lowest BCUT2D eigenvalue weighted by atomic mass is 10.1. The van der Waals surface area contributed by atoms with E-state index in [9.17, 15) is 14.4 Å². The molecule has 0 bridgehead atoms. The molecule has 7 heteroatoms. The van der Waals surface area contributed by atoms with Gasteiger partial charge in [0.05, 0.1) is 11.3 Å². The SMILES string of the molecule is O=C(O)CN1C(=O)COc2ccc(C(=O)O)cc21. The van der Waals surface area contributed by atoms with Gasteiger partial charge in [-0.3, -0.25) is 14.5 Å². The number of hydrogen-bond donors (Lipinski definition) is 2. The third-order valence-electron chi connectivity index (χ3n) is 2.44. The number of anilines is 1. The van der Waals surface area contributed by atoms with Crippen molar-refractivity contribution in [1.82, 2.24) is 0 Å². The van der Waals surface area contributed by atoms with Gasteiger partial charge in [0.1, 0.15) is 12.3 Å². The molecule has 0 aliphatic carbocycles. The van der Waals surface area contributed by atoms with Crippen molar-refractivity contribution in [3.63, 3.8) is 0 Å². The normalized spacial score (nSPS) is 13.8. The van der Waals surface area contributed by atoms with Crippen LogP contribution in [0.4, 0.5) is 5.69 Å². The molecule has 1 heterocycles. The highest BCUT2D eigenvalue weighted by atomic mass is 16.5. The predicted molar refractivity (Wildman–Crippen MR) is 58.9 cm³/mol. The molecule has 18 heavy (non-hydrogen) atoms. The Balaban J connectivity index is 2.46. The van der Waals surface area contributed by atoms with Crippen molar-refractivity contribution < 1.29 is 29.3 Å². The second kappa shape index (κ2) is 4.36. The topological polar surface area (TPSA) is 104 Å². The molecule has 0 spiro atoms. The van der Waals surface area contributed by atoms with Crippen molar-refractivity contribution in [3.05, 3.63) is 23.8 Å². The second-order valence-corrected chi connectivity index (χ2v) is 3.65. The molecule has 1 aliphatic heterocycles. The number of rotatable bonds is 3. The number of hydrogen-bond acceptors (Lipinski definition) is 4. The number of amides is 1. The Bertz CT molecular complexity index is 538. The van der Waals surface area contributed by atoms with Gasteiger partial charge in [-0.25, -0.2) is 4.79 Å². The zero-order chi connectivity index (χ0) is 13.3. The van der Waals surface area contributed by atoms with E-state index < -0.39 is 24.4 Å². The highest BCUT2D eigenvalue weighted by Gasteiger charge is 2.28. The number of carbonyl (C=O) groups excluding carboxylic acids is 1. The lowest BCUT2D eigenvalue weighted by molar-refractivity contribution is -0.137. The maximum absolute atomic E-state index is 11.6. The molecule has 1 aliphatic rings. The van der Waals surface area contributed by atoms with Crippen LogP contribution in [0.5, 0.6) is 5.75 Å². The molecule has 0 unspecified atom stereocenters. The summed E-state index contributed by atoms with van der Waals surface area (Å²) >= 11 is 0. The maximum atomic E-state index is 11.6. The van der Waals surface area contributed by atoms with Gasteiger partial charge < -0.3 is 14.9 Å². The van der Waals surface area contributed by atoms with E-state index in [1.54, 1.807) is 0 Å². The monoisotopic (exact) mass is 251 g/mol. The summed E-state index contributed by atoms with van der Waals surface area (Å²) in [5, 5.41) is 17.6. The Morgan fingerprint density at radius 1 is 1.33 bits per heavy atom. The molecule has 0 saturated heterocycles. The summed E-state index contributed by atoms with van der Waals surface area (Å²) in [6, 6.07) is 3.95. The van der Waals surface area contributed by atoms with Crippen molar-refractivity contribution in [1.29, 1.82) is 0 Å². The van der Waals surface area contributed by atoms with Crippen LogP contribution in [0.2, 0.25) is 0 Å². The van der Waals surface area contributed by atoms with Gasteiger partial charge in [0.15, 0.2) is 6.61 Å². The van der Waals surface area contributed by atoms with Crippen LogP contribution >= 0.6 is 0 Å². The van der Waals surface area contributed by atoms with E-state index in [1.807, 2.05) is 0 Å². The van der Waals surface area contributed by atoms with E-state index >= 15 is 0 Å². The van der Waals surface area contributed by atoms with Crippen LogP contribution in [0.3, 0.4) is 0 Å². The fourth-order valence-electron chi connectivity index (χ4n) is 1.64. The first-order chi connectivity index (χ1) is 8.49. The van der Waals surface area contributed by atoms with E-state index in [4.69, 9.17) is 14.9 Å². The lowest BCUT2D eigenvalue weighted by Gasteiger charge is -2.28. The number of carboxylic acid groups (broad SMARTS) is 2. The minimum absolute atomic E-state index is 0.0394. The molecule has 1 aromatic rings. The number of carbonyl (C=O) groups is 3. The molecule has 2 rings (SSSR count). The first-order valence-electron chi connectivity index (χ1n) is 5.01. The fourth-order valence-corrected chi connectivity index (χ4v) is 1.64. The number of fused-ring (bicyclic) bond motifs is 1. The molecule has 0 aromatic heterocycles. The van der Waals surface area contributed by atoms with Crippen molar-refractivity contribution in [2.75, 3.05) is 18.1 Å². The quantitative estimate of drug-likeness (QED) is 0.794. The summed E-state index contributed by atoms with van der Waals surface area (Å²) in [6.07, 6.45) is 0. The van der Waals surface area contributed by atoms with Crippen molar-refractivity contribution in [3.8, 4) is 5.75 Å². The highest BCUT2D eigenvalue weighted by molar-refractivity contribution is 6.02. The third kappa shape index (κ3) is 2.10. The highest BCUT2D eigenvalue weighted by Crippen LogP contribution is 2.32. The molecule has 0 saturated carbocycles. The smallest absolute Gasteiger partial charge is 0.335 e. The number of ether oxygens (including phenoxy) is 1. The maximum Gasteiger partial charge on any atom is 0.335 e. The summed E-state index contributed by atoms with van der Waals surface area (Å²) in [5.74, 6) is -2.57. The summed E-state index contributed by atoms with van der Waals surface area (Å²) in [7, 11) is 0. The molecule has 7 nitrogen and oxygen atoms in total. The van der Waals surface area contributed by atoms with Gasteiger partial charge in [-0.2, -0.15) is 0 Å². The van der Waals surface area contributed by atoms with E-state index in [1.165, 1.54) is 18.2 Å². The molecular formula is C11H9NO6. The van der Waals surface area contributed by atoms with Gasteiger partial charge in [0, 0.05) is 0 Å². The molecule has 94 valence electrons. The van der Waals surface area contributed by atoms with Crippen LogP contribution in [0, 0.1) is 0 Å². The van der Waals surface area contributed by atoms with E-state index in [2.05, 4.69) is 0 Å². The van der Waals surface area contributed by atoms with Crippen LogP contribution in [0.1, 0.15) is 10.4 Å². The van der Waals surface area contributed by atoms with Crippen LogP contribution in [-0.4, -0.2) is 41.2 Å². The van der Waals surface area contributed by atoms with Gasteiger partial charge in [0.25, 0.3) is 5.91 Å². The fraction of sp³-hybridized carbons (Fsp3) is 0.182. The summed E-state index contributed by atoms with van der Waals surface area (Å²) in [6.45, 7) is -0.787. The Labute approximate surface area is 101 Å². The van der Waals surface area contributed by atoms with Gasteiger partial charge in [-0.1, -0.05) is 0 Å². The van der Waals surface area contributed by atoms with Crippen molar-refractivity contribution >= 4 is 23.5 Å². The standard InChI is InChI=1S/C11H9NO6/c13-9-5-18-8-2-1-6(11(16)17)3-7(8)12(9)4-10(14)15/h1-3H,4-5H2,(H,14,15)(H,16,17). The Kier molecular flexibility index (Phi) is 2.88. The average Bonchev–Trinajstić information content (AvgIpc) is 2.31. The average molecular weight is 251 g/mol. The van der Waals surface area contributed by atoms with Gasteiger partial charge in [0.2, 0.25) is 0 Å². The van der Waals surface area contributed by atoms with Gasteiger partial charge >= 0.3 is 11.9 Å². The second-order valence-electron chi connectivity index (χ2n) is 3.65. The zero-order valence-electron chi connectivity index (χ0n) is 9.12. The third-order valence-corrected chi connectivity index (χ3v) is 2.44. The molecular weight excluding hydrogens is 242 g/mol. The van der Waals surface area contributed by atoms with Gasteiger partial charge in [-0.15, -0.1) is 0 Å². The molecule has 1 aromatic carbocycles. The summed E-state index contributed by atoms with van der Waals surface area (Å²) in [4.78, 5) is 34.1. The number of aliphatic carboxylic acids is 1. The lowest BCUT2D eigenvalue weighted by Crippen LogP contribution is -2.42. The first-order valence-corrected chi connectivity index (χ1v) is 5.01. The van der Waals surface area contributed by atoms with Crippen LogP contribution in [0.25, 0.3) is 0 Å². The Hall–Kier alpha value is -2.57. The molecule has 2 N–H and O–H groups in total. The number of aromatic carboxylic acids is 1. The van der Waals surface area contributed by atoms with Crippen LogP contribution < -0.4 is 9.64 Å². The zero-order valence-corrected chi connectivity index (χ0v) is 9.12. The molecule has 0 radical (unpaired) electrons. The minimum atomic E-state index is -1.18. The van der Waals surface area contributed by atoms with E-state index in [0.29, 0.717) is 5.75 Å². The molecule has 0 atom stereocenters. The Morgan fingerprint density at radius 3 is 2.67 bits per heavy atom. The van der Waals surface area contributed by atoms with Gasteiger partial charge in [-0.05, 0) is 18.2 Å². The largest absolute Gasteiger partial charge is 0.482 e. The van der Waals surface area contributed by atoms with Crippen molar-refractivity contribution in [2.24, 2.45) is 0 Å². The summed E-state index contributed by atoms with van der Waals surface area (Å²) < 4.78 is 5.11. The number of benzene rings is 1. The predicted octanol–water partition coefficient (Wildman–Crippen LogP) is 0.195. The first kappa shape index (κ1) is 11.9. The minimum Gasteiger partial charge on any atom is -0.482 e. The van der Waals surface area contributed by atoms with Crippen LogP contribution in [0.15, 0.2) is 18.2 Å². The molecule has 0 fully saturated rings. The number of carboxylic acids is 2. The van der Waals surface area contributed by atoms with Crippen molar-refractivity contribution in [2.45, 2.75) is 0 Å². The van der Waals surface area contributed by atoms with E-state index in [0.717, 1.165) is 4.90 Å². The summed E-state index contributed by atoms with van der Waals surface area (Å²) in [5.41, 5.74) is 0.121. The Morgan fingerprint density at radius 2 is 2.06 bits per heavy atom. The molecule has 1 amide bonds.